The summed E-state index contributed by atoms with van der Waals surface area (Å²) in [5.41, 5.74) is 2.15. The fraction of sp³-hybridized carbons (Fsp3) is 0. The van der Waals surface area contributed by atoms with Crippen molar-refractivity contribution in [3.63, 3.8) is 0 Å². The Kier molecular flexibility index (Phi) is 6.61. The van der Waals surface area contributed by atoms with Crippen molar-refractivity contribution < 1.29 is 24.5 Å². The van der Waals surface area contributed by atoms with E-state index in [0.717, 1.165) is 0 Å². The summed E-state index contributed by atoms with van der Waals surface area (Å²) >= 11 is 11.5. The molecule has 4 aromatic rings. The molecule has 1 heterocycles. The van der Waals surface area contributed by atoms with Crippen molar-refractivity contribution in [3.8, 4) is 22.6 Å². The van der Waals surface area contributed by atoms with Crippen LogP contribution in [0.15, 0.2) is 39.2 Å². The molecule has 0 aliphatic heterocycles. The van der Waals surface area contributed by atoms with Crippen molar-refractivity contribution in [3.05, 3.63) is 54.6 Å². The number of fused-ring (bicyclic) bond motifs is 2. The maximum absolute atomic E-state index is 12.1. The Morgan fingerprint density at radius 1 is 0.900 bits per heavy atom. The van der Waals surface area contributed by atoms with Gasteiger partial charge in [-0.25, -0.2) is 9.21 Å². The van der Waals surface area contributed by atoms with Gasteiger partial charge < -0.3 is 15.3 Å². The molecule has 0 radical (unpaired) electrons. The minimum absolute atomic E-state index is 0.0928. The summed E-state index contributed by atoms with van der Waals surface area (Å²) in [5, 5.41) is 32.2. The van der Waals surface area contributed by atoms with E-state index in [-0.39, 0.29) is 17.1 Å². The van der Waals surface area contributed by atoms with Crippen LogP contribution in [-0.2, 0) is 0 Å². The van der Waals surface area contributed by atoms with Gasteiger partial charge in [0.15, 0.2) is 18.6 Å². The number of aromatic carboxylic acids is 1. The van der Waals surface area contributed by atoms with E-state index in [4.69, 9.17) is 4.42 Å². The highest BCUT2D eigenvalue weighted by atomic mass is 127. The quantitative estimate of drug-likeness (QED) is 0.109. The number of aromatic hydroxyl groups is 2. The average Bonchev–Trinajstić information content (AvgIpc) is 2.69. The van der Waals surface area contributed by atoms with Gasteiger partial charge in [-0.2, -0.15) is 0 Å². The minimum Gasteiger partial charge on any atom is -0.505 e. The lowest BCUT2D eigenvalue weighted by molar-refractivity contribution is 0.0696. The molecule has 4 rings (SSSR count). The normalized spacial score (nSPS) is 11.4. The highest BCUT2D eigenvalue weighted by molar-refractivity contribution is 14.1. The zero-order chi connectivity index (χ0) is 21.9. The maximum Gasteiger partial charge on any atom is 0.378 e. The number of carboxylic acids is 1. The number of rotatable bonds is 2. The van der Waals surface area contributed by atoms with Gasteiger partial charge in [-0.05, 0) is 130 Å². The molecule has 10 heteroatoms. The van der Waals surface area contributed by atoms with Crippen molar-refractivity contribution in [2.75, 3.05) is 0 Å². The highest BCUT2D eigenvalue weighted by Crippen LogP contribution is 2.46. The summed E-state index contributed by atoms with van der Waals surface area (Å²) in [5.74, 6) is -0.878. The van der Waals surface area contributed by atoms with Crippen LogP contribution in [-0.4, -0.2) is 21.3 Å². The SMILES string of the molecule is O=C(O)c1c(Br)cccc1-c1c2cc(I)c(O)c(I)c2[o+]c2c(I)c(O)c(I)cc12. The summed E-state index contributed by atoms with van der Waals surface area (Å²) in [6.45, 7) is 0. The molecule has 0 aliphatic carbocycles. The second-order valence-corrected chi connectivity index (χ2v) is 11.6. The standard InChI is InChI=1S/C20H7BrI4O5/c21-9-3-1-2-6(13(9)20(28)29)12-7-4-10(22)16(26)14(24)18(7)30-19-8(12)5-11(23)17(27)15(19)25/h1-5H,(H2-,26,27,28,29)/p+1. The third-order valence-corrected chi connectivity index (χ3v) is 8.84. The van der Waals surface area contributed by atoms with Crippen LogP contribution in [0.1, 0.15) is 10.4 Å². The molecular weight excluding hydrogens is 908 g/mol. The predicted molar refractivity (Wildman–Crippen MR) is 152 cm³/mol. The van der Waals surface area contributed by atoms with Crippen molar-refractivity contribution in [2.45, 2.75) is 0 Å². The lowest BCUT2D eigenvalue weighted by Crippen LogP contribution is -2.02. The Bertz CT molecular complexity index is 1330. The van der Waals surface area contributed by atoms with Crippen molar-refractivity contribution in [2.24, 2.45) is 0 Å². The van der Waals surface area contributed by atoms with E-state index in [9.17, 15) is 20.1 Å². The molecule has 0 spiro atoms. The maximum atomic E-state index is 12.1. The second-order valence-electron chi connectivity index (χ2n) is 6.24. The van der Waals surface area contributed by atoms with Crippen molar-refractivity contribution >= 4 is 134 Å². The van der Waals surface area contributed by atoms with Crippen LogP contribution in [0, 0.1) is 14.3 Å². The Hall–Kier alpha value is -0.200. The number of carboxylic acid groups (broad SMARTS) is 1. The van der Waals surface area contributed by atoms with Gasteiger partial charge in [-0.15, -0.1) is 0 Å². The lowest BCUT2D eigenvalue weighted by atomic mass is 9.93. The summed E-state index contributed by atoms with van der Waals surface area (Å²) in [4.78, 5) is 12.1. The molecule has 0 atom stereocenters. The summed E-state index contributed by atoms with van der Waals surface area (Å²) < 4.78 is 8.90. The van der Waals surface area contributed by atoms with Crippen LogP contribution in [0.4, 0.5) is 0 Å². The monoisotopic (exact) mass is 915 g/mol. The predicted octanol–water partition coefficient (Wildman–Crippen LogP) is 7.82. The van der Waals surface area contributed by atoms with Crippen LogP contribution >= 0.6 is 106 Å². The zero-order valence-electron chi connectivity index (χ0n) is 14.4. The molecule has 0 unspecified atom stereocenters. The molecule has 3 aromatic carbocycles. The largest absolute Gasteiger partial charge is 0.505 e. The van der Waals surface area contributed by atoms with Crippen LogP contribution in [0.5, 0.6) is 11.5 Å². The number of benzene rings is 3. The highest BCUT2D eigenvalue weighted by Gasteiger charge is 2.31. The van der Waals surface area contributed by atoms with E-state index < -0.39 is 5.97 Å². The molecule has 0 saturated carbocycles. The Balaban J connectivity index is 2.37. The fourth-order valence-electron chi connectivity index (χ4n) is 3.24. The lowest BCUT2D eigenvalue weighted by Gasteiger charge is -2.12. The number of hydrogen-bond donors (Lipinski definition) is 3. The van der Waals surface area contributed by atoms with Crippen molar-refractivity contribution in [1.82, 2.24) is 0 Å². The fourth-order valence-corrected chi connectivity index (χ4v) is 7.35. The topological polar surface area (TPSA) is 89.1 Å². The first-order valence-electron chi connectivity index (χ1n) is 8.13. The first-order valence-corrected chi connectivity index (χ1v) is 13.2. The molecular formula is C20H8BrI4O5+. The summed E-state index contributed by atoms with van der Waals surface area (Å²) in [6, 6.07) is 8.78. The van der Waals surface area contributed by atoms with Gasteiger partial charge in [-0.3, -0.25) is 0 Å². The number of hydrogen-bond acceptors (Lipinski definition) is 3. The van der Waals surface area contributed by atoms with E-state index in [1.54, 1.807) is 30.3 Å². The molecule has 30 heavy (non-hydrogen) atoms. The van der Waals surface area contributed by atoms with Crippen LogP contribution in [0.3, 0.4) is 0 Å². The molecule has 0 bridgehead atoms. The summed E-state index contributed by atoms with van der Waals surface area (Å²) in [6.07, 6.45) is 0. The van der Waals surface area contributed by atoms with E-state index in [1.165, 1.54) is 0 Å². The Morgan fingerprint density at radius 2 is 1.40 bits per heavy atom. The molecule has 152 valence electrons. The van der Waals surface area contributed by atoms with E-state index in [1.807, 2.05) is 90.4 Å². The van der Waals surface area contributed by atoms with Gasteiger partial charge in [0.05, 0.1) is 23.5 Å². The minimum atomic E-state index is -1.06. The smallest absolute Gasteiger partial charge is 0.378 e. The Labute approximate surface area is 232 Å². The third kappa shape index (κ3) is 3.67. The number of carbonyl (C=O) groups is 1. The van der Waals surface area contributed by atoms with Gasteiger partial charge in [0.25, 0.3) is 0 Å². The molecule has 0 aliphatic rings. The van der Waals surface area contributed by atoms with E-state index in [2.05, 4.69) is 15.9 Å². The van der Waals surface area contributed by atoms with Crippen LogP contribution < -0.4 is 0 Å². The number of phenolic OH excluding ortho intramolecular Hbond substituents is 2. The van der Waals surface area contributed by atoms with E-state index >= 15 is 0 Å². The first-order chi connectivity index (χ1) is 14.1. The van der Waals surface area contributed by atoms with Crippen LogP contribution in [0.25, 0.3) is 33.1 Å². The zero-order valence-corrected chi connectivity index (χ0v) is 24.7. The molecule has 3 N–H and O–H groups in total. The Morgan fingerprint density at radius 3 is 1.87 bits per heavy atom. The van der Waals surface area contributed by atoms with Gasteiger partial charge in [0.2, 0.25) is 0 Å². The van der Waals surface area contributed by atoms with Crippen LogP contribution in [0.2, 0.25) is 0 Å². The molecule has 5 nitrogen and oxygen atoms in total. The molecule has 1 aromatic heterocycles. The van der Waals surface area contributed by atoms with Gasteiger partial charge in [0.1, 0.15) is 0 Å². The molecule has 0 amide bonds. The van der Waals surface area contributed by atoms with Crippen molar-refractivity contribution in [1.29, 1.82) is 0 Å². The molecule has 0 fully saturated rings. The summed E-state index contributed by atoms with van der Waals surface area (Å²) in [7, 11) is 0. The van der Waals surface area contributed by atoms with Gasteiger partial charge >= 0.3 is 17.1 Å². The number of halogens is 5. The molecule has 0 saturated heterocycles. The van der Waals surface area contributed by atoms with Gasteiger partial charge in [0, 0.05) is 10.0 Å². The third-order valence-electron chi connectivity index (χ3n) is 4.54. The number of phenols is 2. The average molecular weight is 916 g/mol. The van der Waals surface area contributed by atoms with Gasteiger partial charge in [-0.1, -0.05) is 12.1 Å². The second kappa shape index (κ2) is 8.62. The van der Waals surface area contributed by atoms with E-state index in [0.29, 0.717) is 51.8 Å². The first kappa shape index (κ1) is 23.0.